The highest BCUT2D eigenvalue weighted by molar-refractivity contribution is 8.00. The lowest BCUT2D eigenvalue weighted by Crippen LogP contribution is -2.41. The summed E-state index contributed by atoms with van der Waals surface area (Å²) in [6, 6.07) is 0.206. The van der Waals surface area contributed by atoms with Crippen LogP contribution in [0.3, 0.4) is 0 Å². The van der Waals surface area contributed by atoms with Gasteiger partial charge < -0.3 is 10.1 Å². The predicted molar refractivity (Wildman–Crippen MR) is 107 cm³/mol. The molecule has 3 fully saturated rings. The Bertz CT molecular complexity index is 780. The van der Waals surface area contributed by atoms with Gasteiger partial charge in [-0.25, -0.2) is 14.8 Å². The molecule has 0 saturated heterocycles. The number of carbonyl (C=O) groups excluding carboxylic acids is 2. The molecule has 0 radical (unpaired) electrons. The van der Waals surface area contributed by atoms with Gasteiger partial charge in [0.25, 0.3) is 0 Å². The molecule has 0 aromatic carbocycles. The summed E-state index contributed by atoms with van der Waals surface area (Å²) in [5, 5.41) is 3.74. The van der Waals surface area contributed by atoms with Crippen LogP contribution in [0.25, 0.3) is 0 Å². The maximum Gasteiger partial charge on any atom is 0.342 e. The number of aryl methyl sites for hydroxylation is 1. The molecule has 28 heavy (non-hydrogen) atoms. The Morgan fingerprint density at radius 1 is 1.21 bits per heavy atom. The molecule has 1 aromatic heterocycles. The van der Waals surface area contributed by atoms with E-state index in [1.807, 2.05) is 0 Å². The predicted octanol–water partition coefficient (Wildman–Crippen LogP) is 3.48. The van der Waals surface area contributed by atoms with Crippen LogP contribution < -0.4 is 5.32 Å². The Labute approximate surface area is 170 Å². The minimum Gasteiger partial charge on any atom is -0.465 e. The number of aromatic nitrogens is 2. The van der Waals surface area contributed by atoms with Crippen LogP contribution in [-0.4, -0.2) is 40.7 Å². The second-order valence-electron chi connectivity index (χ2n) is 8.60. The fraction of sp³-hybridized carbons (Fsp3) is 0.714. The van der Waals surface area contributed by atoms with Crippen molar-refractivity contribution in [2.45, 2.75) is 69.4 Å². The smallest absolute Gasteiger partial charge is 0.342 e. The number of hydrogen-bond donors (Lipinski definition) is 1. The quantitative estimate of drug-likeness (QED) is 0.426. The average molecular weight is 404 g/mol. The van der Waals surface area contributed by atoms with Crippen LogP contribution in [0.2, 0.25) is 0 Å². The SMILES string of the molecule is COC(=O)c1c(C)nc(C2CC2)nc1SCC(=O)N[C@@H](C)[C@H]1C[C@H]2CC[C@H]1C2. The lowest BCUT2D eigenvalue weighted by Gasteiger charge is -2.28. The third kappa shape index (κ3) is 4.04. The second-order valence-corrected chi connectivity index (χ2v) is 9.56. The molecule has 3 saturated carbocycles. The van der Waals surface area contributed by atoms with E-state index in [1.54, 1.807) is 6.92 Å². The number of ether oxygens (including phenoxy) is 1. The number of methoxy groups -OCH3 is 1. The molecule has 4 rings (SSSR count). The molecule has 1 heterocycles. The molecule has 2 bridgehead atoms. The summed E-state index contributed by atoms with van der Waals surface area (Å²) < 4.78 is 4.91. The summed E-state index contributed by atoms with van der Waals surface area (Å²) >= 11 is 1.31. The van der Waals surface area contributed by atoms with Crippen LogP contribution in [0.1, 0.15) is 73.2 Å². The van der Waals surface area contributed by atoms with Gasteiger partial charge in [0, 0.05) is 12.0 Å². The lowest BCUT2D eigenvalue weighted by atomic mass is 9.84. The van der Waals surface area contributed by atoms with Gasteiger partial charge in [-0.3, -0.25) is 4.79 Å². The van der Waals surface area contributed by atoms with Crippen molar-refractivity contribution in [1.29, 1.82) is 0 Å². The number of hydrogen-bond acceptors (Lipinski definition) is 6. The maximum absolute atomic E-state index is 12.6. The number of thioether (sulfide) groups is 1. The molecule has 1 amide bonds. The average Bonchev–Trinajstić information content (AvgIpc) is 3.31. The molecule has 1 N–H and O–H groups in total. The minimum absolute atomic E-state index is 0.000302. The van der Waals surface area contributed by atoms with Gasteiger partial charge >= 0.3 is 5.97 Å². The second kappa shape index (κ2) is 8.01. The van der Waals surface area contributed by atoms with Gasteiger partial charge in [0.1, 0.15) is 16.4 Å². The van der Waals surface area contributed by atoms with E-state index in [0.29, 0.717) is 28.1 Å². The highest BCUT2D eigenvalue weighted by Crippen LogP contribution is 2.49. The van der Waals surface area contributed by atoms with Crippen molar-refractivity contribution in [3.05, 3.63) is 17.1 Å². The summed E-state index contributed by atoms with van der Waals surface area (Å²) in [6.45, 7) is 3.94. The first-order chi connectivity index (χ1) is 13.5. The zero-order chi connectivity index (χ0) is 19.8. The molecule has 3 aliphatic carbocycles. The summed E-state index contributed by atoms with van der Waals surface area (Å²) in [4.78, 5) is 33.9. The number of carbonyl (C=O) groups is 2. The van der Waals surface area contributed by atoms with Crippen molar-refractivity contribution in [2.24, 2.45) is 17.8 Å². The zero-order valence-electron chi connectivity index (χ0n) is 16.9. The molecular weight excluding hydrogens is 374 g/mol. The van der Waals surface area contributed by atoms with Crippen molar-refractivity contribution in [1.82, 2.24) is 15.3 Å². The minimum atomic E-state index is -0.446. The maximum atomic E-state index is 12.6. The molecule has 1 aromatic rings. The number of nitrogens with zero attached hydrogens (tertiary/aromatic N) is 2. The Hall–Kier alpha value is -1.63. The topological polar surface area (TPSA) is 81.2 Å². The van der Waals surface area contributed by atoms with Gasteiger partial charge in [0.2, 0.25) is 5.91 Å². The van der Waals surface area contributed by atoms with Crippen LogP contribution in [0.4, 0.5) is 0 Å². The Morgan fingerprint density at radius 3 is 2.61 bits per heavy atom. The van der Waals surface area contributed by atoms with E-state index < -0.39 is 5.97 Å². The lowest BCUT2D eigenvalue weighted by molar-refractivity contribution is -0.119. The fourth-order valence-corrected chi connectivity index (χ4v) is 5.86. The van der Waals surface area contributed by atoms with Gasteiger partial charge in [-0.15, -0.1) is 0 Å². The highest BCUT2D eigenvalue weighted by Gasteiger charge is 2.42. The molecule has 6 nitrogen and oxygen atoms in total. The third-order valence-electron chi connectivity index (χ3n) is 6.57. The van der Waals surface area contributed by atoms with Crippen LogP contribution in [-0.2, 0) is 9.53 Å². The first kappa shape index (κ1) is 19.7. The molecule has 4 atom stereocenters. The molecule has 0 unspecified atom stereocenters. The largest absolute Gasteiger partial charge is 0.465 e. The summed E-state index contributed by atoms with van der Waals surface area (Å²) in [5.41, 5.74) is 1.01. The summed E-state index contributed by atoms with van der Waals surface area (Å²) in [6.07, 6.45) is 7.44. The van der Waals surface area contributed by atoms with E-state index in [4.69, 9.17) is 4.74 Å². The monoisotopic (exact) mass is 403 g/mol. The number of amides is 1. The summed E-state index contributed by atoms with van der Waals surface area (Å²) in [5.74, 6) is 3.23. The van der Waals surface area contributed by atoms with Crippen molar-refractivity contribution >= 4 is 23.6 Å². The Balaban J connectivity index is 1.40. The number of nitrogens with one attached hydrogen (secondary N) is 1. The van der Waals surface area contributed by atoms with Crippen LogP contribution in [0.15, 0.2) is 5.03 Å². The molecule has 0 spiro atoms. The van der Waals surface area contributed by atoms with Crippen molar-refractivity contribution in [2.75, 3.05) is 12.9 Å². The number of esters is 1. The van der Waals surface area contributed by atoms with Crippen molar-refractivity contribution in [3.8, 4) is 0 Å². The van der Waals surface area contributed by atoms with E-state index in [2.05, 4.69) is 22.2 Å². The fourth-order valence-electron chi connectivity index (χ4n) is 4.98. The first-order valence-corrected chi connectivity index (χ1v) is 11.3. The van der Waals surface area contributed by atoms with Gasteiger partial charge in [-0.05, 0) is 63.7 Å². The number of rotatable bonds is 7. The molecule has 0 aliphatic heterocycles. The van der Waals surface area contributed by atoms with E-state index in [0.717, 1.165) is 30.5 Å². The standard InChI is InChI=1S/C21H29N3O3S/c1-11(16-9-13-4-5-15(16)8-13)22-17(25)10-28-20-18(21(26)27-3)12(2)23-19(24-20)14-6-7-14/h11,13-16H,4-10H2,1-3H3,(H,22,25)/t11-,13-,15-,16+/m0/s1. The van der Waals surface area contributed by atoms with E-state index in [-0.39, 0.29) is 17.7 Å². The van der Waals surface area contributed by atoms with Gasteiger partial charge in [0.15, 0.2) is 0 Å². The molecular formula is C21H29N3O3S. The van der Waals surface area contributed by atoms with Gasteiger partial charge in [0.05, 0.1) is 18.6 Å². The van der Waals surface area contributed by atoms with Crippen LogP contribution >= 0.6 is 11.8 Å². The Morgan fingerprint density at radius 2 is 2.00 bits per heavy atom. The van der Waals surface area contributed by atoms with Crippen molar-refractivity contribution < 1.29 is 14.3 Å². The van der Waals surface area contributed by atoms with E-state index in [9.17, 15) is 9.59 Å². The van der Waals surface area contributed by atoms with E-state index in [1.165, 1.54) is 44.6 Å². The van der Waals surface area contributed by atoms with Gasteiger partial charge in [-0.1, -0.05) is 18.2 Å². The van der Waals surface area contributed by atoms with Crippen LogP contribution in [0.5, 0.6) is 0 Å². The van der Waals surface area contributed by atoms with Crippen molar-refractivity contribution in [3.63, 3.8) is 0 Å². The van der Waals surface area contributed by atoms with Crippen LogP contribution in [0, 0.1) is 24.7 Å². The molecule has 152 valence electrons. The molecule has 7 heteroatoms. The van der Waals surface area contributed by atoms with E-state index >= 15 is 0 Å². The molecule has 3 aliphatic rings. The normalized spacial score (nSPS) is 26.9. The first-order valence-electron chi connectivity index (χ1n) is 10.3. The summed E-state index contributed by atoms with van der Waals surface area (Å²) in [7, 11) is 1.36. The Kier molecular flexibility index (Phi) is 5.63. The zero-order valence-corrected chi connectivity index (χ0v) is 17.7. The number of fused-ring (bicyclic) bond motifs is 2. The van der Waals surface area contributed by atoms with Gasteiger partial charge in [-0.2, -0.15) is 0 Å². The third-order valence-corrected chi connectivity index (χ3v) is 7.55. The highest BCUT2D eigenvalue weighted by atomic mass is 32.2.